The van der Waals surface area contributed by atoms with Gasteiger partial charge in [0.15, 0.2) is 6.10 Å². The van der Waals surface area contributed by atoms with Gasteiger partial charge in [0.05, 0.1) is 11.0 Å². The Morgan fingerprint density at radius 2 is 1.89 bits per heavy atom. The smallest absolute Gasteiger partial charge is 0.265 e. The molecule has 1 aromatic heterocycles. The number of ether oxygens (including phenoxy) is 2. The number of fused-ring (bicyclic) bond motifs is 2. The van der Waals surface area contributed by atoms with Crippen LogP contribution in [0.1, 0.15) is 29.3 Å². The van der Waals surface area contributed by atoms with Crippen LogP contribution in [0.3, 0.4) is 0 Å². The number of para-hydroxylation sites is 3. The molecule has 8 nitrogen and oxygen atoms in total. The number of nitrogens with one attached hydrogen (secondary N) is 2. The molecule has 1 aliphatic heterocycles. The molecule has 2 heterocycles. The third-order valence-corrected chi connectivity index (χ3v) is 6.09. The van der Waals surface area contributed by atoms with Crippen molar-refractivity contribution in [3.8, 4) is 5.75 Å². The zero-order chi connectivity index (χ0) is 24.9. The van der Waals surface area contributed by atoms with Gasteiger partial charge in [-0.15, -0.1) is 0 Å². The minimum Gasteiger partial charge on any atom is -0.480 e. The summed E-state index contributed by atoms with van der Waals surface area (Å²) in [6, 6.07) is 22.2. The van der Waals surface area contributed by atoms with E-state index in [1.807, 2.05) is 60.0 Å². The highest BCUT2D eigenvalue weighted by Gasteiger charge is 2.29. The van der Waals surface area contributed by atoms with Gasteiger partial charge in [0.25, 0.3) is 11.8 Å². The van der Waals surface area contributed by atoms with E-state index in [2.05, 4.69) is 15.6 Å². The summed E-state index contributed by atoms with van der Waals surface area (Å²) in [7, 11) is 0. The second-order valence-electron chi connectivity index (χ2n) is 8.57. The highest BCUT2D eigenvalue weighted by atomic mass is 16.5. The van der Waals surface area contributed by atoms with Crippen LogP contribution in [0.4, 0.5) is 11.6 Å². The topological polar surface area (TPSA) is 94.5 Å². The third kappa shape index (κ3) is 5.08. The number of nitrogens with zero attached hydrogens (tertiary/aromatic N) is 2. The van der Waals surface area contributed by atoms with E-state index in [-0.39, 0.29) is 11.8 Å². The highest BCUT2D eigenvalue weighted by Crippen LogP contribution is 2.29. The van der Waals surface area contributed by atoms with Crippen LogP contribution in [0, 0.1) is 0 Å². The van der Waals surface area contributed by atoms with Crippen molar-refractivity contribution in [3.05, 3.63) is 83.9 Å². The van der Waals surface area contributed by atoms with E-state index in [9.17, 15) is 9.59 Å². The first-order valence-electron chi connectivity index (χ1n) is 12.1. The molecule has 36 heavy (non-hydrogen) atoms. The quantitative estimate of drug-likeness (QED) is 0.337. The second kappa shape index (κ2) is 10.6. The van der Waals surface area contributed by atoms with Gasteiger partial charge in [-0.2, -0.15) is 0 Å². The molecule has 4 aromatic rings. The molecule has 1 aliphatic rings. The first kappa shape index (κ1) is 23.6. The molecule has 1 unspecified atom stereocenters. The normalized spacial score (nSPS) is 14.3. The summed E-state index contributed by atoms with van der Waals surface area (Å²) in [4.78, 5) is 30.5. The molecular formula is C28H28N4O4. The molecule has 184 valence electrons. The van der Waals surface area contributed by atoms with Gasteiger partial charge in [0.2, 0.25) is 5.95 Å². The number of benzene rings is 3. The van der Waals surface area contributed by atoms with Crippen molar-refractivity contribution in [2.45, 2.75) is 32.4 Å². The molecule has 0 spiro atoms. The summed E-state index contributed by atoms with van der Waals surface area (Å²) in [5.41, 5.74) is 3.70. The number of hydrogen-bond donors (Lipinski definition) is 2. The third-order valence-electron chi connectivity index (χ3n) is 6.09. The van der Waals surface area contributed by atoms with Gasteiger partial charge in [-0.1, -0.05) is 36.4 Å². The van der Waals surface area contributed by atoms with E-state index in [4.69, 9.17) is 9.47 Å². The van der Waals surface area contributed by atoms with Crippen LogP contribution >= 0.6 is 0 Å². The summed E-state index contributed by atoms with van der Waals surface area (Å²) in [6.45, 7) is 3.93. The van der Waals surface area contributed by atoms with Gasteiger partial charge >= 0.3 is 0 Å². The number of rotatable bonds is 9. The van der Waals surface area contributed by atoms with Gasteiger partial charge < -0.3 is 19.4 Å². The molecule has 2 amide bonds. The minimum atomic E-state index is -0.600. The Labute approximate surface area is 209 Å². The average Bonchev–Trinajstić information content (AvgIpc) is 3.48. The van der Waals surface area contributed by atoms with Crippen molar-refractivity contribution in [3.63, 3.8) is 0 Å². The Balaban J connectivity index is 1.28. The van der Waals surface area contributed by atoms with Crippen molar-refractivity contribution in [2.75, 3.05) is 23.8 Å². The maximum Gasteiger partial charge on any atom is 0.265 e. The van der Waals surface area contributed by atoms with Crippen molar-refractivity contribution in [2.24, 2.45) is 0 Å². The number of aryl methyl sites for hydroxylation is 1. The molecule has 1 atom stereocenters. The summed E-state index contributed by atoms with van der Waals surface area (Å²) >= 11 is 0. The highest BCUT2D eigenvalue weighted by molar-refractivity contribution is 6.05. The number of anilines is 2. The van der Waals surface area contributed by atoms with Crippen LogP contribution in [-0.4, -0.2) is 40.7 Å². The lowest BCUT2D eigenvalue weighted by molar-refractivity contribution is -0.122. The Bertz CT molecular complexity index is 1370. The Morgan fingerprint density at radius 3 is 2.75 bits per heavy atom. The SMILES string of the molecule is CCOCCCn1c(NC(=O)c2cccc(NC(=O)C3Cc4ccccc4O3)c2)nc2ccccc21. The first-order valence-corrected chi connectivity index (χ1v) is 12.1. The molecule has 2 N–H and O–H groups in total. The van der Waals surface area contributed by atoms with E-state index >= 15 is 0 Å². The molecule has 3 aromatic carbocycles. The summed E-state index contributed by atoms with van der Waals surface area (Å²) in [5, 5.41) is 5.81. The lowest BCUT2D eigenvalue weighted by atomic mass is 10.1. The van der Waals surface area contributed by atoms with Crippen molar-refractivity contribution < 1.29 is 19.1 Å². The summed E-state index contributed by atoms with van der Waals surface area (Å²) in [5.74, 6) is 0.649. The van der Waals surface area contributed by atoms with Gasteiger partial charge in [0, 0.05) is 37.4 Å². The van der Waals surface area contributed by atoms with Crippen LogP contribution in [0.5, 0.6) is 5.75 Å². The van der Waals surface area contributed by atoms with Crippen molar-refractivity contribution in [1.29, 1.82) is 0 Å². The van der Waals surface area contributed by atoms with Crippen LogP contribution in [0.2, 0.25) is 0 Å². The number of carbonyl (C=O) groups is 2. The van der Waals surface area contributed by atoms with Gasteiger partial charge in [-0.05, 0) is 55.3 Å². The molecule has 0 radical (unpaired) electrons. The number of imidazole rings is 1. The predicted octanol–water partition coefficient (Wildman–Crippen LogP) is 4.66. The molecule has 0 aliphatic carbocycles. The zero-order valence-corrected chi connectivity index (χ0v) is 20.1. The molecule has 0 fully saturated rings. The molecule has 5 rings (SSSR count). The zero-order valence-electron chi connectivity index (χ0n) is 20.1. The van der Waals surface area contributed by atoms with Gasteiger partial charge in [-0.3, -0.25) is 14.9 Å². The van der Waals surface area contributed by atoms with Crippen LogP contribution in [0.25, 0.3) is 11.0 Å². The van der Waals surface area contributed by atoms with Crippen molar-refractivity contribution in [1.82, 2.24) is 9.55 Å². The van der Waals surface area contributed by atoms with E-state index in [0.717, 1.165) is 28.8 Å². The van der Waals surface area contributed by atoms with Gasteiger partial charge in [-0.25, -0.2) is 4.98 Å². The monoisotopic (exact) mass is 484 g/mol. The van der Waals surface area contributed by atoms with Crippen LogP contribution < -0.4 is 15.4 Å². The number of aromatic nitrogens is 2. The van der Waals surface area contributed by atoms with Crippen LogP contribution in [-0.2, 0) is 22.5 Å². The molecule has 8 heteroatoms. The number of amides is 2. The maximum absolute atomic E-state index is 13.1. The Hall–Kier alpha value is -4.17. The molecule has 0 saturated carbocycles. The minimum absolute atomic E-state index is 0.250. The van der Waals surface area contributed by atoms with Crippen molar-refractivity contribution >= 4 is 34.5 Å². The summed E-state index contributed by atoms with van der Waals surface area (Å²) in [6.07, 6.45) is 0.712. The fourth-order valence-electron chi connectivity index (χ4n) is 4.33. The van der Waals surface area contributed by atoms with E-state index in [0.29, 0.717) is 43.4 Å². The van der Waals surface area contributed by atoms with Gasteiger partial charge in [0.1, 0.15) is 5.75 Å². The first-order chi connectivity index (χ1) is 17.6. The fraction of sp³-hybridized carbons (Fsp3) is 0.250. The maximum atomic E-state index is 13.1. The largest absolute Gasteiger partial charge is 0.480 e. The fourth-order valence-corrected chi connectivity index (χ4v) is 4.33. The Morgan fingerprint density at radius 1 is 1.06 bits per heavy atom. The average molecular weight is 485 g/mol. The lowest BCUT2D eigenvalue weighted by Gasteiger charge is -2.13. The molecule has 0 saturated heterocycles. The second-order valence-corrected chi connectivity index (χ2v) is 8.57. The lowest BCUT2D eigenvalue weighted by Crippen LogP contribution is -2.31. The number of carbonyl (C=O) groups excluding carboxylic acids is 2. The molecule has 0 bridgehead atoms. The Kier molecular flexibility index (Phi) is 6.95. The number of hydrogen-bond acceptors (Lipinski definition) is 5. The van der Waals surface area contributed by atoms with Crippen LogP contribution in [0.15, 0.2) is 72.8 Å². The molecular weight excluding hydrogens is 456 g/mol. The standard InChI is InChI=1S/C28H28N4O4/c1-2-35-16-8-15-32-23-13-5-4-12-22(23)30-28(32)31-26(33)20-10-7-11-21(17-20)29-27(34)25-18-19-9-3-6-14-24(19)36-25/h3-7,9-14,17,25H,2,8,15-16,18H2,1H3,(H,29,34)(H,30,31,33). The summed E-state index contributed by atoms with van der Waals surface area (Å²) < 4.78 is 13.2. The van der Waals surface area contributed by atoms with E-state index < -0.39 is 6.10 Å². The predicted molar refractivity (Wildman–Crippen MR) is 138 cm³/mol. The van der Waals surface area contributed by atoms with E-state index in [1.165, 1.54) is 0 Å². The van der Waals surface area contributed by atoms with E-state index in [1.54, 1.807) is 24.3 Å².